The van der Waals surface area contributed by atoms with Crippen molar-refractivity contribution in [3.63, 3.8) is 0 Å². The highest BCUT2D eigenvalue weighted by atomic mass is 32.2. The second-order valence-electron chi connectivity index (χ2n) is 4.41. The zero-order valence-corrected chi connectivity index (χ0v) is 11.3. The molecular formula is C11H18N2O2S2. The Labute approximate surface area is 106 Å². The lowest BCUT2D eigenvalue weighted by Crippen LogP contribution is -2.31. The summed E-state index contributed by atoms with van der Waals surface area (Å²) in [6.07, 6.45) is 4.26. The predicted molar refractivity (Wildman–Crippen MR) is 69.6 cm³/mol. The van der Waals surface area contributed by atoms with Crippen molar-refractivity contribution in [2.75, 3.05) is 13.1 Å². The van der Waals surface area contributed by atoms with Gasteiger partial charge >= 0.3 is 0 Å². The first kappa shape index (κ1) is 13.0. The van der Waals surface area contributed by atoms with Crippen molar-refractivity contribution >= 4 is 21.4 Å². The molecule has 0 aliphatic heterocycles. The molecule has 4 nitrogen and oxygen atoms in total. The predicted octanol–water partition coefficient (Wildman–Crippen LogP) is 1.33. The number of sulfonamides is 1. The molecule has 1 fully saturated rings. The fourth-order valence-electron chi connectivity index (χ4n) is 1.77. The summed E-state index contributed by atoms with van der Waals surface area (Å²) in [4.78, 5) is 1.02. The van der Waals surface area contributed by atoms with Crippen LogP contribution in [-0.4, -0.2) is 21.5 Å². The van der Waals surface area contributed by atoms with Crippen molar-refractivity contribution in [1.82, 2.24) is 4.72 Å². The highest BCUT2D eigenvalue weighted by molar-refractivity contribution is 7.91. The maximum absolute atomic E-state index is 12.0. The summed E-state index contributed by atoms with van der Waals surface area (Å²) < 4.78 is 27.0. The van der Waals surface area contributed by atoms with Crippen molar-refractivity contribution in [3.05, 3.63) is 17.0 Å². The number of hydrogen-bond donors (Lipinski definition) is 2. The largest absolute Gasteiger partial charge is 0.330 e. The SMILES string of the molecule is NCCc1ccc(S(=O)(=O)NCC2CCC2)s1. The Bertz CT molecular complexity index is 464. The number of nitrogens with two attached hydrogens (primary N) is 1. The topological polar surface area (TPSA) is 72.2 Å². The summed E-state index contributed by atoms with van der Waals surface area (Å²) in [5.41, 5.74) is 5.44. The van der Waals surface area contributed by atoms with Gasteiger partial charge < -0.3 is 5.73 Å². The van der Waals surface area contributed by atoms with Crippen molar-refractivity contribution < 1.29 is 8.42 Å². The first-order chi connectivity index (χ1) is 8.12. The number of hydrogen-bond acceptors (Lipinski definition) is 4. The van der Waals surface area contributed by atoms with Gasteiger partial charge in [0.2, 0.25) is 10.0 Å². The third-order valence-corrected chi connectivity index (χ3v) is 6.14. The van der Waals surface area contributed by atoms with Crippen LogP contribution >= 0.6 is 11.3 Å². The number of rotatable bonds is 6. The van der Waals surface area contributed by atoms with E-state index < -0.39 is 10.0 Å². The zero-order chi connectivity index (χ0) is 12.3. The van der Waals surface area contributed by atoms with Crippen LogP contribution in [0.2, 0.25) is 0 Å². The summed E-state index contributed by atoms with van der Waals surface area (Å²) >= 11 is 1.31. The van der Waals surface area contributed by atoms with E-state index in [4.69, 9.17) is 5.73 Å². The second kappa shape index (κ2) is 5.48. The monoisotopic (exact) mass is 274 g/mol. The van der Waals surface area contributed by atoms with Gasteiger partial charge in [-0.05, 0) is 43.9 Å². The Kier molecular flexibility index (Phi) is 4.19. The summed E-state index contributed by atoms with van der Waals surface area (Å²) in [5.74, 6) is 0.535. The maximum atomic E-state index is 12.0. The summed E-state index contributed by atoms with van der Waals surface area (Å²) in [7, 11) is -3.30. The van der Waals surface area contributed by atoms with Crippen LogP contribution < -0.4 is 10.5 Å². The molecule has 1 saturated carbocycles. The molecule has 0 unspecified atom stereocenters. The fourth-order valence-corrected chi connectivity index (χ4v) is 4.31. The van der Waals surface area contributed by atoms with E-state index in [1.165, 1.54) is 17.8 Å². The van der Waals surface area contributed by atoms with E-state index in [1.54, 1.807) is 6.07 Å². The van der Waals surface area contributed by atoms with E-state index in [9.17, 15) is 8.42 Å². The van der Waals surface area contributed by atoms with Crippen LogP contribution in [0.25, 0.3) is 0 Å². The molecule has 6 heteroatoms. The van der Waals surface area contributed by atoms with E-state index in [1.807, 2.05) is 6.07 Å². The molecular weight excluding hydrogens is 256 g/mol. The molecule has 0 spiro atoms. The Morgan fingerprint density at radius 3 is 2.76 bits per heavy atom. The Hall–Kier alpha value is -0.430. The van der Waals surface area contributed by atoms with Crippen molar-refractivity contribution in [2.45, 2.75) is 29.9 Å². The molecule has 1 aliphatic carbocycles. The van der Waals surface area contributed by atoms with Gasteiger partial charge in [0.05, 0.1) is 0 Å². The number of nitrogens with one attached hydrogen (secondary N) is 1. The molecule has 0 saturated heterocycles. The maximum Gasteiger partial charge on any atom is 0.250 e. The van der Waals surface area contributed by atoms with Crippen LogP contribution in [-0.2, 0) is 16.4 Å². The molecule has 0 bridgehead atoms. The Morgan fingerprint density at radius 1 is 1.41 bits per heavy atom. The minimum absolute atomic E-state index is 0.403. The highest BCUT2D eigenvalue weighted by Gasteiger charge is 2.22. The molecule has 1 aromatic heterocycles. The second-order valence-corrected chi connectivity index (χ2v) is 7.57. The van der Waals surface area contributed by atoms with Gasteiger partial charge in [-0.15, -0.1) is 11.3 Å². The molecule has 0 atom stereocenters. The van der Waals surface area contributed by atoms with Crippen LogP contribution in [0.4, 0.5) is 0 Å². The van der Waals surface area contributed by atoms with Crippen molar-refractivity contribution in [2.24, 2.45) is 11.7 Å². The van der Waals surface area contributed by atoms with Gasteiger partial charge in [-0.3, -0.25) is 0 Å². The van der Waals surface area contributed by atoms with E-state index in [0.717, 1.165) is 24.1 Å². The van der Waals surface area contributed by atoms with Crippen LogP contribution in [0.5, 0.6) is 0 Å². The summed E-state index contributed by atoms with van der Waals surface area (Å²) in [6.45, 7) is 1.13. The van der Waals surface area contributed by atoms with Crippen LogP contribution in [0.15, 0.2) is 16.3 Å². The molecule has 0 radical (unpaired) electrons. The minimum atomic E-state index is -3.30. The van der Waals surface area contributed by atoms with Gasteiger partial charge in [0.1, 0.15) is 4.21 Å². The molecule has 0 aromatic carbocycles. The lowest BCUT2D eigenvalue weighted by Gasteiger charge is -2.25. The third-order valence-electron chi connectivity index (χ3n) is 3.08. The van der Waals surface area contributed by atoms with Crippen LogP contribution in [0.3, 0.4) is 0 Å². The lowest BCUT2D eigenvalue weighted by molar-refractivity contribution is 0.316. The average Bonchev–Trinajstić information content (AvgIpc) is 2.65. The van der Waals surface area contributed by atoms with E-state index in [-0.39, 0.29) is 0 Å². The standard InChI is InChI=1S/C11H18N2O2S2/c12-7-6-10-4-5-11(16-10)17(14,15)13-8-9-2-1-3-9/h4-5,9,13H,1-3,6-8,12H2. The van der Waals surface area contributed by atoms with Gasteiger partial charge in [-0.1, -0.05) is 6.42 Å². The molecule has 1 heterocycles. The van der Waals surface area contributed by atoms with Crippen molar-refractivity contribution in [3.8, 4) is 0 Å². The average molecular weight is 274 g/mol. The molecule has 1 aliphatic rings. The van der Waals surface area contributed by atoms with E-state index in [0.29, 0.717) is 23.2 Å². The summed E-state index contributed by atoms with van der Waals surface area (Å²) in [6, 6.07) is 3.51. The van der Waals surface area contributed by atoms with E-state index in [2.05, 4.69) is 4.72 Å². The smallest absolute Gasteiger partial charge is 0.250 e. The molecule has 17 heavy (non-hydrogen) atoms. The van der Waals surface area contributed by atoms with Crippen molar-refractivity contribution in [1.29, 1.82) is 0 Å². The van der Waals surface area contributed by atoms with Gasteiger partial charge in [0.25, 0.3) is 0 Å². The number of thiophene rings is 1. The van der Waals surface area contributed by atoms with Crippen LogP contribution in [0, 0.1) is 5.92 Å². The first-order valence-corrected chi connectivity index (χ1v) is 8.20. The molecule has 2 rings (SSSR count). The van der Waals surface area contributed by atoms with Gasteiger partial charge in [0, 0.05) is 11.4 Å². The summed E-state index contributed by atoms with van der Waals surface area (Å²) in [5, 5.41) is 0. The molecule has 96 valence electrons. The first-order valence-electron chi connectivity index (χ1n) is 5.90. The molecule has 0 amide bonds. The van der Waals surface area contributed by atoms with E-state index >= 15 is 0 Å². The van der Waals surface area contributed by atoms with Crippen LogP contribution in [0.1, 0.15) is 24.1 Å². The third kappa shape index (κ3) is 3.28. The Morgan fingerprint density at radius 2 is 2.18 bits per heavy atom. The zero-order valence-electron chi connectivity index (χ0n) is 9.69. The molecule has 3 N–H and O–H groups in total. The minimum Gasteiger partial charge on any atom is -0.330 e. The highest BCUT2D eigenvalue weighted by Crippen LogP contribution is 2.26. The van der Waals surface area contributed by atoms with Gasteiger partial charge in [-0.2, -0.15) is 0 Å². The lowest BCUT2D eigenvalue weighted by atomic mass is 9.86. The Balaban J connectivity index is 1.97. The van der Waals surface area contributed by atoms with Gasteiger partial charge in [0.15, 0.2) is 0 Å². The molecule has 1 aromatic rings. The normalized spacial score (nSPS) is 17.0. The quantitative estimate of drug-likeness (QED) is 0.822. The fraction of sp³-hybridized carbons (Fsp3) is 0.636. The van der Waals surface area contributed by atoms with Gasteiger partial charge in [-0.25, -0.2) is 13.1 Å².